The SMILES string of the molecule is CCCCCCCCCC[N]([Ti+2]=[Si](C)C)C1CCC2C=CC=CC21.[Cl-].[Cl-]. The predicted molar refractivity (Wildman–Crippen MR) is 105 cm³/mol. The molecule has 149 valence electrons. The van der Waals surface area contributed by atoms with Crippen molar-refractivity contribution >= 4 is 6.19 Å². The maximum absolute atomic E-state index is 3.01. The Morgan fingerprint density at radius 2 is 1.50 bits per heavy atom. The number of hydrogen-bond donors (Lipinski definition) is 0. The number of allylic oxidation sites excluding steroid dienone is 3. The largest absolute Gasteiger partial charge is 1.00 e. The van der Waals surface area contributed by atoms with E-state index in [0.717, 1.165) is 17.9 Å². The maximum Gasteiger partial charge on any atom is -1.00 e. The Labute approximate surface area is 184 Å². The third-order valence-electron chi connectivity index (χ3n) is 5.56. The molecule has 3 unspecified atom stereocenters. The maximum atomic E-state index is 3.01. The van der Waals surface area contributed by atoms with E-state index in [9.17, 15) is 0 Å². The molecule has 2 aliphatic carbocycles. The minimum Gasteiger partial charge on any atom is -1.00 e. The molecule has 2 rings (SSSR count). The average molecular weight is 451 g/mol. The van der Waals surface area contributed by atoms with Crippen LogP contribution in [0.15, 0.2) is 24.3 Å². The van der Waals surface area contributed by atoms with Crippen LogP contribution in [-0.2, 0) is 18.1 Å². The van der Waals surface area contributed by atoms with Gasteiger partial charge in [0.05, 0.1) is 0 Å². The second-order valence-corrected chi connectivity index (χ2v) is 16.8. The minimum atomic E-state index is -0.0548. The normalized spacial score (nSPS) is 23.2. The Bertz CT molecular complexity index is 449. The van der Waals surface area contributed by atoms with Gasteiger partial charge in [-0.2, -0.15) is 0 Å². The standard InChI is InChI=1S/C19H32N.C2H6Si.2ClH.Ti/c1-2-3-4-5-6-7-8-11-16-20-19-15-14-17-12-9-10-13-18(17)19;1-3-2;;;/h9-10,12-13,17-19H,2-8,11,14-16H2,1H3;1-2H3;2*1H;/q-1;;;;+3/p-2. The topological polar surface area (TPSA) is 3.24 Å². The molecule has 3 atom stereocenters. The molecule has 1 saturated carbocycles. The molecule has 1 fully saturated rings. The van der Waals surface area contributed by atoms with Gasteiger partial charge in [-0.05, 0) is 0 Å². The fraction of sp³-hybridized carbons (Fsp3) is 0.810. The second-order valence-electron chi connectivity index (χ2n) is 7.94. The number of halogens is 2. The third-order valence-corrected chi connectivity index (χ3v) is 10.6. The molecule has 0 aromatic carbocycles. The van der Waals surface area contributed by atoms with Gasteiger partial charge in [-0.3, -0.25) is 0 Å². The van der Waals surface area contributed by atoms with Crippen molar-refractivity contribution in [2.75, 3.05) is 6.54 Å². The Morgan fingerprint density at radius 1 is 0.885 bits per heavy atom. The molecular formula is C21H38Cl2NSiTi. The summed E-state index contributed by atoms with van der Waals surface area (Å²) in [7, 11) is 0. The van der Waals surface area contributed by atoms with E-state index in [1.165, 1.54) is 70.8 Å². The molecule has 0 saturated heterocycles. The van der Waals surface area contributed by atoms with E-state index >= 15 is 0 Å². The summed E-state index contributed by atoms with van der Waals surface area (Å²) in [6.45, 7) is 8.78. The number of nitrogens with zero attached hydrogens (tertiary/aromatic N) is 1. The average Bonchev–Trinajstić information content (AvgIpc) is 3.00. The summed E-state index contributed by atoms with van der Waals surface area (Å²) in [6.07, 6.45) is 23.9. The predicted octanol–water partition coefficient (Wildman–Crippen LogP) is 0.207. The van der Waals surface area contributed by atoms with Crippen molar-refractivity contribution in [2.45, 2.75) is 90.3 Å². The van der Waals surface area contributed by atoms with Crippen LogP contribution < -0.4 is 24.8 Å². The molecular weight excluding hydrogens is 413 g/mol. The molecule has 0 aromatic heterocycles. The van der Waals surface area contributed by atoms with Crippen molar-refractivity contribution in [1.82, 2.24) is 3.38 Å². The van der Waals surface area contributed by atoms with Crippen LogP contribution in [-0.4, -0.2) is 22.2 Å². The van der Waals surface area contributed by atoms with E-state index < -0.39 is 0 Å². The first-order valence-corrected chi connectivity index (χ1v) is 15.9. The van der Waals surface area contributed by atoms with Gasteiger partial charge in [-0.15, -0.1) is 0 Å². The van der Waals surface area contributed by atoms with Crippen molar-refractivity contribution in [1.29, 1.82) is 0 Å². The molecule has 0 aliphatic heterocycles. The van der Waals surface area contributed by atoms with Crippen LogP contribution >= 0.6 is 0 Å². The zero-order chi connectivity index (χ0) is 17.2. The van der Waals surface area contributed by atoms with Crippen LogP contribution in [0.5, 0.6) is 0 Å². The molecule has 1 nitrogen and oxygen atoms in total. The van der Waals surface area contributed by atoms with Gasteiger partial charge in [0.1, 0.15) is 0 Å². The van der Waals surface area contributed by atoms with Crippen LogP contribution in [0.4, 0.5) is 0 Å². The van der Waals surface area contributed by atoms with Crippen molar-refractivity contribution in [3.63, 3.8) is 0 Å². The van der Waals surface area contributed by atoms with E-state index in [0.29, 0.717) is 0 Å². The van der Waals surface area contributed by atoms with Crippen LogP contribution in [0.3, 0.4) is 0 Å². The van der Waals surface area contributed by atoms with Crippen molar-refractivity contribution in [2.24, 2.45) is 11.8 Å². The van der Waals surface area contributed by atoms with E-state index in [1.807, 2.05) is 0 Å². The van der Waals surface area contributed by atoms with Gasteiger partial charge >= 0.3 is 161 Å². The summed E-state index contributed by atoms with van der Waals surface area (Å²) >= 11 is 0.147. The number of unbranched alkanes of at least 4 members (excludes halogenated alkanes) is 7. The Morgan fingerprint density at radius 3 is 2.15 bits per heavy atom. The van der Waals surface area contributed by atoms with Gasteiger partial charge < -0.3 is 24.8 Å². The first-order chi connectivity index (χ1) is 11.7. The van der Waals surface area contributed by atoms with Crippen molar-refractivity contribution in [3.8, 4) is 0 Å². The van der Waals surface area contributed by atoms with Gasteiger partial charge in [0.25, 0.3) is 0 Å². The fourth-order valence-electron chi connectivity index (χ4n) is 4.30. The third kappa shape index (κ3) is 9.43. The van der Waals surface area contributed by atoms with E-state index in [-0.39, 0.29) is 49.1 Å². The molecule has 5 heteroatoms. The Kier molecular flexibility index (Phi) is 16.4. The van der Waals surface area contributed by atoms with Gasteiger partial charge in [0.2, 0.25) is 0 Å². The van der Waals surface area contributed by atoms with E-state index in [2.05, 4.69) is 47.7 Å². The molecule has 0 heterocycles. The summed E-state index contributed by atoms with van der Waals surface area (Å²) in [5, 5.41) is 0. The van der Waals surface area contributed by atoms with Gasteiger partial charge in [0, 0.05) is 0 Å². The summed E-state index contributed by atoms with van der Waals surface area (Å²) in [6, 6.07) is 0.876. The van der Waals surface area contributed by atoms with Gasteiger partial charge in [-0.1, -0.05) is 0 Å². The smallest absolute Gasteiger partial charge is 1.00 e. The summed E-state index contributed by atoms with van der Waals surface area (Å²) < 4.78 is 3.01. The first kappa shape index (κ1) is 27.0. The van der Waals surface area contributed by atoms with Crippen LogP contribution in [0, 0.1) is 11.8 Å². The molecule has 0 amide bonds. The van der Waals surface area contributed by atoms with Crippen molar-refractivity contribution in [3.05, 3.63) is 24.3 Å². The van der Waals surface area contributed by atoms with Crippen LogP contribution in [0.1, 0.15) is 71.1 Å². The van der Waals surface area contributed by atoms with Crippen LogP contribution in [0.2, 0.25) is 13.1 Å². The zero-order valence-corrected chi connectivity index (χ0v) is 21.1. The molecule has 0 radical (unpaired) electrons. The quantitative estimate of drug-likeness (QED) is 0.321. The van der Waals surface area contributed by atoms with E-state index in [1.54, 1.807) is 0 Å². The summed E-state index contributed by atoms with van der Waals surface area (Å²) in [4.78, 5) is 0. The molecule has 2 aliphatic rings. The fourth-order valence-corrected chi connectivity index (χ4v) is 9.86. The van der Waals surface area contributed by atoms with Gasteiger partial charge in [-0.25, -0.2) is 0 Å². The molecule has 26 heavy (non-hydrogen) atoms. The second kappa shape index (κ2) is 15.8. The minimum absolute atomic E-state index is 0. The Balaban J connectivity index is 0.00000312. The zero-order valence-electron chi connectivity index (χ0n) is 17.0. The van der Waals surface area contributed by atoms with E-state index in [4.69, 9.17) is 0 Å². The summed E-state index contributed by atoms with van der Waals surface area (Å²) in [5.74, 6) is 1.67. The molecule has 0 spiro atoms. The monoisotopic (exact) mass is 450 g/mol. The number of rotatable bonds is 11. The Hall–Kier alpha value is 0.951. The summed E-state index contributed by atoms with van der Waals surface area (Å²) in [5.41, 5.74) is 0. The number of hydrogen-bond acceptors (Lipinski definition) is 1. The first-order valence-electron chi connectivity index (χ1n) is 10.4. The molecule has 0 bridgehead atoms. The molecule has 0 aromatic rings. The van der Waals surface area contributed by atoms with Crippen molar-refractivity contribution < 1.29 is 43.0 Å². The van der Waals surface area contributed by atoms with Gasteiger partial charge in [0.15, 0.2) is 0 Å². The molecule has 0 N–H and O–H groups in total. The van der Waals surface area contributed by atoms with Crippen LogP contribution in [0.25, 0.3) is 0 Å². The number of fused-ring (bicyclic) bond motifs is 1.